The van der Waals surface area contributed by atoms with Gasteiger partial charge in [-0.1, -0.05) is 28.1 Å². The Morgan fingerprint density at radius 3 is 1.81 bits per heavy atom. The molecule has 0 aliphatic carbocycles. The zero-order valence-electron chi connectivity index (χ0n) is 10.7. The lowest BCUT2D eigenvalue weighted by atomic mass is 10.2. The van der Waals surface area contributed by atoms with Gasteiger partial charge < -0.3 is 0 Å². The van der Waals surface area contributed by atoms with E-state index in [1.54, 1.807) is 24.3 Å². The van der Waals surface area contributed by atoms with Crippen molar-refractivity contribution in [3.63, 3.8) is 0 Å². The van der Waals surface area contributed by atoms with E-state index in [9.17, 15) is 8.78 Å². The van der Waals surface area contributed by atoms with Crippen molar-refractivity contribution in [3.05, 3.63) is 68.1 Å². The van der Waals surface area contributed by atoms with Crippen LogP contribution in [0.25, 0.3) is 0 Å². The molecule has 0 bridgehead atoms. The van der Waals surface area contributed by atoms with Crippen LogP contribution in [-0.4, -0.2) is 0 Å². The average molecular weight is 482 g/mol. The van der Waals surface area contributed by atoms with E-state index in [0.29, 0.717) is 15.4 Å². The molecule has 110 valence electrons. The third-order valence-corrected chi connectivity index (χ3v) is 4.27. The van der Waals surface area contributed by atoms with Gasteiger partial charge in [0.25, 0.3) is 0 Å². The second-order valence-electron chi connectivity index (χ2n) is 3.97. The van der Waals surface area contributed by atoms with Crippen LogP contribution in [0.1, 0.15) is 11.1 Å². The van der Waals surface area contributed by atoms with Crippen molar-refractivity contribution in [1.82, 2.24) is 0 Å². The number of hydrogen-bond donors (Lipinski definition) is 0. The van der Waals surface area contributed by atoms with Crippen LogP contribution in [0.5, 0.6) is 0 Å². The highest BCUT2D eigenvalue weighted by Crippen LogP contribution is 2.18. The Hall–Kier alpha value is -0.770. The van der Waals surface area contributed by atoms with E-state index in [0.717, 1.165) is 16.5 Å². The largest absolute Gasteiger partial charge is 0.206 e. The summed E-state index contributed by atoms with van der Waals surface area (Å²) in [5.74, 6) is -0.517. The molecule has 0 aliphatic heterocycles. The van der Waals surface area contributed by atoms with Crippen molar-refractivity contribution in [2.75, 3.05) is 0 Å². The fourth-order valence-corrected chi connectivity index (χ4v) is 2.56. The van der Waals surface area contributed by atoms with Gasteiger partial charge in [-0.2, -0.15) is 5.26 Å². The number of hydrogen-bond acceptors (Lipinski definition) is 1. The van der Waals surface area contributed by atoms with E-state index < -0.39 is 0 Å². The van der Waals surface area contributed by atoms with Crippen molar-refractivity contribution in [1.29, 1.82) is 5.26 Å². The first-order valence-electron chi connectivity index (χ1n) is 5.78. The first-order valence-corrected chi connectivity index (χ1v) is 8.49. The lowest BCUT2D eigenvalue weighted by Crippen LogP contribution is -1.83. The van der Waals surface area contributed by atoms with Gasteiger partial charge in [-0.25, -0.2) is 8.78 Å². The normalized spacial score (nSPS) is 9.52. The van der Waals surface area contributed by atoms with E-state index in [-0.39, 0.29) is 11.6 Å². The topological polar surface area (TPSA) is 23.8 Å². The third kappa shape index (κ3) is 6.25. The van der Waals surface area contributed by atoms with Gasteiger partial charge in [0.1, 0.15) is 11.6 Å². The Kier molecular flexibility index (Phi) is 8.09. The van der Waals surface area contributed by atoms with Crippen LogP contribution in [0.15, 0.2) is 45.3 Å². The van der Waals surface area contributed by atoms with Gasteiger partial charge in [0.05, 0.1) is 21.4 Å². The highest BCUT2D eigenvalue weighted by atomic mass is 79.9. The summed E-state index contributed by atoms with van der Waals surface area (Å²) in [7, 11) is 0. The lowest BCUT2D eigenvalue weighted by Gasteiger charge is -1.96. The summed E-state index contributed by atoms with van der Waals surface area (Å²) in [4.78, 5) is 0. The van der Waals surface area contributed by atoms with Gasteiger partial charge in [0, 0.05) is 5.33 Å². The molecule has 0 fully saturated rings. The molecule has 2 aromatic rings. The van der Waals surface area contributed by atoms with Crippen molar-refractivity contribution >= 4 is 47.8 Å². The maximum atomic E-state index is 12.6. The summed E-state index contributed by atoms with van der Waals surface area (Å²) < 4.78 is 26.1. The highest BCUT2D eigenvalue weighted by molar-refractivity contribution is 9.10. The third-order valence-electron chi connectivity index (χ3n) is 2.41. The van der Waals surface area contributed by atoms with Gasteiger partial charge in [-0.05, 0) is 67.3 Å². The first kappa shape index (κ1) is 18.3. The molecule has 1 nitrogen and oxygen atoms in total. The molecule has 2 aromatic carbocycles. The number of alkyl halides is 1. The van der Waals surface area contributed by atoms with E-state index in [2.05, 4.69) is 47.8 Å². The molecule has 0 heterocycles. The van der Waals surface area contributed by atoms with E-state index in [1.807, 2.05) is 6.07 Å². The molecule has 0 aromatic heterocycles. The number of benzene rings is 2. The molecule has 0 spiro atoms. The summed E-state index contributed by atoms with van der Waals surface area (Å²) in [5, 5.41) is 9.08. The van der Waals surface area contributed by atoms with Crippen molar-refractivity contribution in [2.24, 2.45) is 0 Å². The minimum Gasteiger partial charge on any atom is -0.206 e. The zero-order valence-corrected chi connectivity index (χ0v) is 15.5. The molecular formula is C15H10Br3F2N. The van der Waals surface area contributed by atoms with E-state index >= 15 is 0 Å². The maximum Gasteiger partial charge on any atom is 0.137 e. The highest BCUT2D eigenvalue weighted by Gasteiger charge is 1.99. The first-order chi connectivity index (χ1) is 9.97. The lowest BCUT2D eigenvalue weighted by molar-refractivity contribution is 0.620. The Morgan fingerprint density at radius 2 is 1.38 bits per heavy atom. The van der Waals surface area contributed by atoms with Crippen LogP contribution in [0, 0.1) is 23.0 Å². The van der Waals surface area contributed by atoms with Crippen LogP contribution < -0.4 is 0 Å². The molecule has 0 amide bonds. The number of nitriles is 1. The standard InChI is InChI=1S/C8H5BrFN.C7H5Br2F/c9-7-5-6(3-4-11)1-2-8(7)10;8-4-5-1-2-7(10)6(9)3-5/h1-2,5H,3H2;1-3H,4H2. The van der Waals surface area contributed by atoms with Crippen LogP contribution in [0.3, 0.4) is 0 Å². The predicted octanol–water partition coefficient (Wildman–Crippen LogP) is 6.14. The smallest absolute Gasteiger partial charge is 0.137 e. The molecule has 2 rings (SSSR count). The minimum atomic E-state index is -0.299. The summed E-state index contributed by atoms with van der Waals surface area (Å²) in [6, 6.07) is 11.5. The van der Waals surface area contributed by atoms with Crippen LogP contribution >= 0.6 is 47.8 Å². The Morgan fingerprint density at radius 1 is 0.905 bits per heavy atom. The zero-order chi connectivity index (χ0) is 15.8. The number of rotatable bonds is 2. The van der Waals surface area contributed by atoms with Gasteiger partial charge >= 0.3 is 0 Å². The molecule has 0 atom stereocenters. The predicted molar refractivity (Wildman–Crippen MR) is 90.1 cm³/mol. The van der Waals surface area contributed by atoms with Crippen LogP contribution in [0.2, 0.25) is 0 Å². The second-order valence-corrected chi connectivity index (χ2v) is 6.23. The molecule has 0 saturated heterocycles. The van der Waals surface area contributed by atoms with Crippen molar-refractivity contribution in [2.45, 2.75) is 11.8 Å². The summed E-state index contributed by atoms with van der Waals surface area (Å²) >= 11 is 9.40. The summed E-state index contributed by atoms with van der Waals surface area (Å²) in [5.41, 5.74) is 1.88. The summed E-state index contributed by atoms with van der Waals surface area (Å²) in [6.07, 6.45) is 0.318. The average Bonchev–Trinajstić information content (AvgIpc) is 2.47. The van der Waals surface area contributed by atoms with Gasteiger partial charge in [-0.3, -0.25) is 0 Å². The Balaban J connectivity index is 0.000000211. The van der Waals surface area contributed by atoms with Gasteiger partial charge in [0.15, 0.2) is 0 Å². The van der Waals surface area contributed by atoms with Gasteiger partial charge in [0.2, 0.25) is 0 Å². The summed E-state index contributed by atoms with van der Waals surface area (Å²) in [6.45, 7) is 0. The monoisotopic (exact) mass is 479 g/mol. The molecule has 0 radical (unpaired) electrons. The number of halogens is 5. The quantitative estimate of drug-likeness (QED) is 0.473. The molecule has 21 heavy (non-hydrogen) atoms. The van der Waals surface area contributed by atoms with E-state index in [1.165, 1.54) is 12.1 Å². The fraction of sp³-hybridized carbons (Fsp3) is 0.133. The van der Waals surface area contributed by atoms with Gasteiger partial charge in [-0.15, -0.1) is 0 Å². The molecular weight excluding hydrogens is 472 g/mol. The minimum absolute atomic E-state index is 0.218. The SMILES string of the molecule is Fc1ccc(CBr)cc1Br.N#CCc1ccc(F)c(Br)c1. The molecule has 0 aliphatic rings. The maximum absolute atomic E-state index is 12.6. The second kappa shape index (κ2) is 9.29. The Bertz CT molecular complexity index is 654. The molecule has 0 saturated carbocycles. The molecule has 0 N–H and O–H groups in total. The molecule has 6 heteroatoms. The van der Waals surface area contributed by atoms with E-state index in [4.69, 9.17) is 5.26 Å². The van der Waals surface area contributed by atoms with Crippen LogP contribution in [-0.2, 0) is 11.8 Å². The van der Waals surface area contributed by atoms with Crippen molar-refractivity contribution < 1.29 is 8.78 Å². The van der Waals surface area contributed by atoms with Crippen molar-refractivity contribution in [3.8, 4) is 6.07 Å². The fourth-order valence-electron chi connectivity index (χ4n) is 1.36. The molecule has 0 unspecified atom stereocenters. The Labute approximate surface area is 147 Å². The number of nitrogens with zero attached hydrogens (tertiary/aromatic N) is 1. The van der Waals surface area contributed by atoms with Crippen LogP contribution in [0.4, 0.5) is 8.78 Å².